The second-order valence-corrected chi connectivity index (χ2v) is 8.00. The zero-order chi connectivity index (χ0) is 20.6. The molecule has 2 rings (SSSR count). The van der Waals surface area contributed by atoms with Crippen LogP contribution in [0.4, 0.5) is 0 Å². The summed E-state index contributed by atoms with van der Waals surface area (Å²) in [5.74, 6) is -0.774. The molecule has 2 amide bonds. The zero-order valence-corrected chi connectivity index (χ0v) is 16.1. The molecule has 0 radical (unpaired) electrons. The van der Waals surface area contributed by atoms with Gasteiger partial charge in [0.2, 0.25) is 15.9 Å². The van der Waals surface area contributed by atoms with Gasteiger partial charge in [-0.25, -0.2) is 8.42 Å². The van der Waals surface area contributed by atoms with E-state index < -0.39 is 15.9 Å². The van der Waals surface area contributed by atoms with Gasteiger partial charge in [0.25, 0.3) is 5.91 Å². The molecule has 3 N–H and O–H groups in total. The van der Waals surface area contributed by atoms with Gasteiger partial charge < -0.3 is 15.7 Å². The van der Waals surface area contributed by atoms with Gasteiger partial charge in [0.05, 0.1) is 6.54 Å². The second kappa shape index (κ2) is 9.81. The summed E-state index contributed by atoms with van der Waals surface area (Å²) in [6.45, 7) is 0.269. The highest BCUT2D eigenvalue weighted by Crippen LogP contribution is 2.12. The molecule has 150 valence electrons. The number of hydrogen-bond donors (Lipinski definition) is 3. The quantitative estimate of drug-likeness (QED) is 0.515. The number of nitrogens with one attached hydrogen (secondary N) is 2. The van der Waals surface area contributed by atoms with Crippen LogP contribution in [0.5, 0.6) is 5.75 Å². The third-order valence-electron chi connectivity index (χ3n) is 3.78. The normalized spacial score (nSPS) is 11.2. The molecule has 0 fully saturated rings. The zero-order valence-electron chi connectivity index (χ0n) is 15.3. The van der Waals surface area contributed by atoms with Crippen molar-refractivity contribution in [2.45, 2.75) is 11.3 Å². The fourth-order valence-electron chi connectivity index (χ4n) is 2.29. The van der Waals surface area contributed by atoms with Crippen molar-refractivity contribution in [1.82, 2.24) is 19.9 Å². The van der Waals surface area contributed by atoms with Crippen molar-refractivity contribution in [1.29, 1.82) is 0 Å². The fourth-order valence-corrected chi connectivity index (χ4v) is 3.38. The summed E-state index contributed by atoms with van der Waals surface area (Å²) in [4.78, 5) is 27.6. The van der Waals surface area contributed by atoms with E-state index in [1.807, 2.05) is 0 Å². The van der Waals surface area contributed by atoms with Crippen LogP contribution in [-0.4, -0.2) is 61.3 Å². The molecule has 0 bridgehead atoms. The van der Waals surface area contributed by atoms with Crippen molar-refractivity contribution >= 4 is 21.8 Å². The highest BCUT2D eigenvalue weighted by molar-refractivity contribution is 7.89. The predicted molar refractivity (Wildman–Crippen MR) is 102 cm³/mol. The van der Waals surface area contributed by atoms with Crippen LogP contribution in [0.25, 0.3) is 0 Å². The SMILES string of the molecule is CN(CC(=O)NCCCNC(=O)c1cccc(O)c1)S(=O)(=O)c1cccnc1. The highest BCUT2D eigenvalue weighted by atomic mass is 32.2. The number of aromatic nitrogens is 1. The van der Waals surface area contributed by atoms with E-state index in [1.165, 1.54) is 43.7 Å². The van der Waals surface area contributed by atoms with Crippen LogP contribution in [0.3, 0.4) is 0 Å². The number of phenolic OH excluding ortho intramolecular Hbond substituents is 1. The van der Waals surface area contributed by atoms with Crippen LogP contribution >= 0.6 is 0 Å². The molecule has 9 nitrogen and oxygen atoms in total. The molecule has 0 atom stereocenters. The number of likely N-dealkylation sites (N-methyl/N-ethyl adjacent to an activating group) is 1. The number of phenols is 1. The van der Waals surface area contributed by atoms with E-state index in [2.05, 4.69) is 15.6 Å². The van der Waals surface area contributed by atoms with E-state index in [0.29, 0.717) is 18.5 Å². The van der Waals surface area contributed by atoms with Gasteiger partial charge in [-0.1, -0.05) is 6.07 Å². The van der Waals surface area contributed by atoms with Gasteiger partial charge in [-0.05, 0) is 36.8 Å². The maximum absolute atomic E-state index is 12.3. The molecule has 0 aliphatic heterocycles. The number of sulfonamides is 1. The van der Waals surface area contributed by atoms with E-state index in [9.17, 15) is 23.1 Å². The molecule has 1 aromatic carbocycles. The Morgan fingerprint density at radius 3 is 2.57 bits per heavy atom. The number of nitrogens with zero attached hydrogens (tertiary/aromatic N) is 2. The second-order valence-electron chi connectivity index (χ2n) is 5.96. The average molecular weight is 406 g/mol. The van der Waals surface area contributed by atoms with Crippen molar-refractivity contribution < 1.29 is 23.1 Å². The lowest BCUT2D eigenvalue weighted by molar-refractivity contribution is -0.121. The van der Waals surface area contributed by atoms with Crippen LogP contribution in [0, 0.1) is 0 Å². The molecule has 0 aliphatic rings. The minimum Gasteiger partial charge on any atom is -0.508 e. The van der Waals surface area contributed by atoms with Crippen molar-refractivity contribution in [3.8, 4) is 5.75 Å². The van der Waals surface area contributed by atoms with E-state index in [0.717, 1.165) is 4.31 Å². The van der Waals surface area contributed by atoms with Crippen LogP contribution < -0.4 is 10.6 Å². The molecule has 1 aromatic heterocycles. The summed E-state index contributed by atoms with van der Waals surface area (Å²) in [5, 5.41) is 14.6. The Morgan fingerprint density at radius 2 is 1.89 bits per heavy atom. The lowest BCUT2D eigenvalue weighted by Crippen LogP contribution is -2.39. The first kappa shape index (κ1) is 21.3. The Kier molecular flexibility index (Phi) is 7.47. The summed E-state index contributed by atoms with van der Waals surface area (Å²) < 4.78 is 25.6. The lowest BCUT2D eigenvalue weighted by Gasteiger charge is -2.16. The molecule has 0 saturated carbocycles. The first-order chi connectivity index (χ1) is 13.3. The van der Waals surface area contributed by atoms with Crippen molar-refractivity contribution in [3.63, 3.8) is 0 Å². The Bertz CT molecular complexity index is 919. The molecular weight excluding hydrogens is 384 g/mol. The van der Waals surface area contributed by atoms with Gasteiger partial charge in [0.15, 0.2) is 0 Å². The Labute approximate surface area is 163 Å². The third kappa shape index (κ3) is 6.03. The molecule has 10 heteroatoms. The van der Waals surface area contributed by atoms with E-state index >= 15 is 0 Å². The van der Waals surface area contributed by atoms with Gasteiger partial charge in [0, 0.05) is 38.1 Å². The van der Waals surface area contributed by atoms with Gasteiger partial charge in [0.1, 0.15) is 10.6 Å². The summed E-state index contributed by atoms with van der Waals surface area (Å²) in [6.07, 6.45) is 3.15. The number of rotatable bonds is 9. The number of carbonyl (C=O) groups is 2. The van der Waals surface area contributed by atoms with Crippen molar-refractivity contribution in [3.05, 3.63) is 54.4 Å². The van der Waals surface area contributed by atoms with Crippen LogP contribution in [0.15, 0.2) is 53.7 Å². The minimum atomic E-state index is -3.78. The summed E-state index contributed by atoms with van der Waals surface area (Å²) in [7, 11) is -2.47. The largest absolute Gasteiger partial charge is 0.508 e. The minimum absolute atomic E-state index is 0.00488. The summed E-state index contributed by atoms with van der Waals surface area (Å²) >= 11 is 0. The first-order valence-electron chi connectivity index (χ1n) is 8.51. The molecule has 0 aliphatic carbocycles. The van der Waals surface area contributed by atoms with Crippen LogP contribution in [0.1, 0.15) is 16.8 Å². The van der Waals surface area contributed by atoms with Crippen molar-refractivity contribution in [2.75, 3.05) is 26.7 Å². The summed E-state index contributed by atoms with van der Waals surface area (Å²) in [5.41, 5.74) is 0.339. The van der Waals surface area contributed by atoms with Gasteiger partial charge in [-0.15, -0.1) is 0 Å². The molecular formula is C18H22N4O5S. The number of carbonyl (C=O) groups excluding carboxylic acids is 2. The van der Waals surface area contributed by atoms with Crippen LogP contribution in [-0.2, 0) is 14.8 Å². The maximum atomic E-state index is 12.3. The average Bonchev–Trinajstić information content (AvgIpc) is 2.68. The highest BCUT2D eigenvalue weighted by Gasteiger charge is 2.22. The van der Waals surface area contributed by atoms with Gasteiger partial charge in [-0.3, -0.25) is 14.6 Å². The molecule has 28 heavy (non-hydrogen) atoms. The third-order valence-corrected chi connectivity index (χ3v) is 5.57. The van der Waals surface area contributed by atoms with Gasteiger partial charge in [-0.2, -0.15) is 4.31 Å². The fraction of sp³-hybridized carbons (Fsp3) is 0.278. The van der Waals surface area contributed by atoms with E-state index in [4.69, 9.17) is 0 Å². The lowest BCUT2D eigenvalue weighted by atomic mass is 10.2. The summed E-state index contributed by atoms with van der Waals surface area (Å²) in [6, 6.07) is 8.89. The van der Waals surface area contributed by atoms with E-state index in [-0.39, 0.29) is 29.6 Å². The molecule has 0 unspecified atom stereocenters. The number of amides is 2. The van der Waals surface area contributed by atoms with Crippen LogP contribution in [0.2, 0.25) is 0 Å². The molecule has 1 heterocycles. The van der Waals surface area contributed by atoms with Gasteiger partial charge >= 0.3 is 0 Å². The number of hydrogen-bond acceptors (Lipinski definition) is 6. The maximum Gasteiger partial charge on any atom is 0.251 e. The first-order valence-corrected chi connectivity index (χ1v) is 9.95. The number of aromatic hydroxyl groups is 1. The molecule has 0 spiro atoms. The standard InChI is InChI=1S/C18H22N4O5S/c1-22(28(26,27)16-7-3-8-19-12-16)13-17(24)20-9-4-10-21-18(25)14-5-2-6-15(23)11-14/h2-3,5-8,11-12,23H,4,9-10,13H2,1H3,(H,20,24)(H,21,25). The smallest absolute Gasteiger partial charge is 0.251 e. The number of pyridine rings is 1. The Balaban J connectivity index is 1.70. The monoisotopic (exact) mass is 406 g/mol. The van der Waals surface area contributed by atoms with Crippen molar-refractivity contribution in [2.24, 2.45) is 0 Å². The molecule has 2 aromatic rings. The Morgan fingerprint density at radius 1 is 1.14 bits per heavy atom. The topological polar surface area (TPSA) is 129 Å². The molecule has 0 saturated heterocycles. The Hall–Kier alpha value is -2.98. The number of benzene rings is 1. The van der Waals surface area contributed by atoms with E-state index in [1.54, 1.807) is 12.1 Å². The predicted octanol–water partition coefficient (Wildman–Crippen LogP) is 0.344.